The molecule has 1 N–H and O–H groups in total. The number of hydrogen-bond acceptors (Lipinski definition) is 3. The number of nitrogens with zero attached hydrogens (tertiary/aromatic N) is 2. The van der Waals surface area contributed by atoms with Crippen molar-refractivity contribution in [3.63, 3.8) is 0 Å². The Bertz CT molecular complexity index is 835. The molecule has 0 spiro atoms. The fourth-order valence-electron chi connectivity index (χ4n) is 2.37. The molecule has 0 atom stereocenters. The molecule has 0 fully saturated rings. The van der Waals surface area contributed by atoms with Crippen molar-refractivity contribution in [3.8, 4) is 0 Å². The molecule has 0 aliphatic carbocycles. The van der Waals surface area contributed by atoms with Gasteiger partial charge in [-0.15, -0.1) is 11.8 Å². The van der Waals surface area contributed by atoms with Gasteiger partial charge in [-0.25, -0.2) is 4.68 Å². The van der Waals surface area contributed by atoms with Gasteiger partial charge in [0.05, 0.1) is 18.5 Å². The first-order valence-electron chi connectivity index (χ1n) is 7.89. The molecule has 0 saturated heterocycles. The van der Waals surface area contributed by atoms with Crippen LogP contribution in [0, 0.1) is 0 Å². The van der Waals surface area contributed by atoms with Gasteiger partial charge in [0.25, 0.3) is 0 Å². The molecule has 1 amide bonds. The second-order valence-electron chi connectivity index (χ2n) is 5.49. The Kier molecular flexibility index (Phi) is 6.14. The van der Waals surface area contributed by atoms with Crippen LogP contribution in [0.5, 0.6) is 0 Å². The molecular weight excluding hydrogens is 354 g/mol. The number of halogens is 1. The first-order chi connectivity index (χ1) is 12.2. The van der Waals surface area contributed by atoms with E-state index in [2.05, 4.69) is 22.5 Å². The van der Waals surface area contributed by atoms with E-state index in [0.717, 1.165) is 11.3 Å². The molecule has 0 aliphatic heterocycles. The molecule has 2 aromatic carbocycles. The van der Waals surface area contributed by atoms with Crippen molar-refractivity contribution < 1.29 is 4.79 Å². The van der Waals surface area contributed by atoms with Gasteiger partial charge in [0.15, 0.2) is 0 Å². The first-order valence-corrected chi connectivity index (χ1v) is 9.42. The van der Waals surface area contributed by atoms with Crippen LogP contribution in [0.2, 0.25) is 5.02 Å². The van der Waals surface area contributed by atoms with Gasteiger partial charge in [-0.05, 0) is 17.2 Å². The predicted octanol–water partition coefficient (Wildman–Crippen LogP) is 4.46. The van der Waals surface area contributed by atoms with Gasteiger partial charge in [-0.3, -0.25) is 4.79 Å². The first kappa shape index (κ1) is 17.6. The molecule has 0 unspecified atom stereocenters. The number of rotatable bonds is 7. The van der Waals surface area contributed by atoms with Crippen LogP contribution >= 0.6 is 23.4 Å². The van der Waals surface area contributed by atoms with Crippen LogP contribution in [-0.2, 0) is 17.1 Å². The lowest BCUT2D eigenvalue weighted by Gasteiger charge is -2.10. The number of carbonyl (C=O) groups excluding carboxylic acids is 1. The molecule has 0 bridgehead atoms. The molecule has 0 saturated carbocycles. The van der Waals surface area contributed by atoms with Crippen LogP contribution < -0.4 is 5.32 Å². The third kappa shape index (κ3) is 5.11. The lowest BCUT2D eigenvalue weighted by Crippen LogP contribution is -2.18. The predicted molar refractivity (Wildman–Crippen MR) is 104 cm³/mol. The summed E-state index contributed by atoms with van der Waals surface area (Å²) in [7, 11) is 0. The van der Waals surface area contributed by atoms with Crippen molar-refractivity contribution >= 4 is 35.1 Å². The summed E-state index contributed by atoms with van der Waals surface area (Å²) in [6.07, 6.45) is 1.67. The van der Waals surface area contributed by atoms with E-state index in [1.807, 2.05) is 42.5 Å². The second-order valence-corrected chi connectivity index (χ2v) is 6.88. The van der Waals surface area contributed by atoms with E-state index < -0.39 is 0 Å². The molecule has 25 heavy (non-hydrogen) atoms. The number of anilines is 1. The highest BCUT2D eigenvalue weighted by Gasteiger charge is 2.09. The maximum absolute atomic E-state index is 12.2. The number of benzene rings is 2. The summed E-state index contributed by atoms with van der Waals surface area (Å²) in [6.45, 7) is 0.513. The fourth-order valence-corrected chi connectivity index (χ4v) is 3.35. The molecule has 6 heteroatoms. The Labute approximate surface area is 156 Å². The average Bonchev–Trinajstić information content (AvgIpc) is 3.04. The lowest BCUT2D eigenvalue weighted by atomic mass is 10.2. The Morgan fingerprint density at radius 1 is 1.08 bits per heavy atom. The van der Waals surface area contributed by atoms with Crippen LogP contribution in [0.3, 0.4) is 0 Å². The Morgan fingerprint density at radius 3 is 2.64 bits per heavy atom. The van der Waals surface area contributed by atoms with Crippen molar-refractivity contribution in [1.29, 1.82) is 0 Å². The van der Waals surface area contributed by atoms with E-state index in [4.69, 9.17) is 11.6 Å². The number of carbonyl (C=O) groups is 1. The number of aromatic nitrogens is 2. The minimum absolute atomic E-state index is 0.0400. The highest BCUT2D eigenvalue weighted by Crippen LogP contribution is 2.18. The largest absolute Gasteiger partial charge is 0.310 e. The van der Waals surface area contributed by atoms with Crippen molar-refractivity contribution in [2.45, 2.75) is 12.3 Å². The van der Waals surface area contributed by atoms with E-state index in [1.165, 1.54) is 5.56 Å². The zero-order valence-corrected chi connectivity index (χ0v) is 15.1. The third-order valence-corrected chi connectivity index (χ3v) is 4.98. The van der Waals surface area contributed by atoms with E-state index in [0.29, 0.717) is 23.1 Å². The van der Waals surface area contributed by atoms with Crippen molar-refractivity contribution in [2.75, 3.05) is 11.1 Å². The fraction of sp³-hybridized carbons (Fsp3) is 0.158. The maximum atomic E-state index is 12.2. The molecule has 3 aromatic rings. The highest BCUT2D eigenvalue weighted by molar-refractivity contribution is 7.99. The molecule has 1 aromatic heterocycles. The summed E-state index contributed by atoms with van der Waals surface area (Å²) < 4.78 is 1.74. The number of thioether (sulfide) groups is 1. The van der Waals surface area contributed by atoms with Crippen LogP contribution in [0.4, 0.5) is 5.82 Å². The van der Waals surface area contributed by atoms with Gasteiger partial charge in [-0.1, -0.05) is 60.1 Å². The third-order valence-electron chi connectivity index (χ3n) is 3.61. The van der Waals surface area contributed by atoms with Gasteiger partial charge in [-0.2, -0.15) is 5.10 Å². The summed E-state index contributed by atoms with van der Waals surface area (Å²) in [5, 5.41) is 7.87. The van der Waals surface area contributed by atoms with Crippen LogP contribution in [0.1, 0.15) is 11.1 Å². The highest BCUT2D eigenvalue weighted by atomic mass is 35.5. The average molecular weight is 372 g/mol. The minimum atomic E-state index is -0.0400. The normalized spacial score (nSPS) is 10.6. The standard InChI is InChI=1S/C19H18ClN3OS/c20-17-9-5-4-8-16(17)12-23-18(10-11-21-23)22-19(24)14-25-13-15-6-2-1-3-7-15/h1-11H,12-14H2,(H,22,24). The van der Waals surface area contributed by atoms with Crippen LogP contribution in [-0.4, -0.2) is 21.4 Å². The Hall–Kier alpha value is -2.24. The van der Waals surface area contributed by atoms with Crippen LogP contribution in [0.15, 0.2) is 66.9 Å². The molecule has 0 aliphatic rings. The molecule has 0 radical (unpaired) electrons. The Balaban J connectivity index is 1.54. The topological polar surface area (TPSA) is 46.9 Å². The van der Waals surface area contributed by atoms with E-state index in [1.54, 1.807) is 28.7 Å². The molecular formula is C19H18ClN3OS. The molecule has 1 heterocycles. The van der Waals surface area contributed by atoms with Crippen LogP contribution in [0.25, 0.3) is 0 Å². The summed E-state index contributed by atoms with van der Waals surface area (Å²) in [4.78, 5) is 12.2. The molecule has 4 nitrogen and oxygen atoms in total. The smallest absolute Gasteiger partial charge is 0.235 e. The summed E-state index contributed by atoms with van der Waals surface area (Å²) in [6, 6.07) is 19.5. The zero-order chi connectivity index (χ0) is 17.5. The van der Waals surface area contributed by atoms with E-state index in [9.17, 15) is 4.79 Å². The Morgan fingerprint density at radius 2 is 1.84 bits per heavy atom. The minimum Gasteiger partial charge on any atom is -0.310 e. The summed E-state index contributed by atoms with van der Waals surface area (Å²) in [5.74, 6) is 1.84. The van der Waals surface area contributed by atoms with Crippen molar-refractivity contribution in [1.82, 2.24) is 9.78 Å². The SMILES string of the molecule is O=C(CSCc1ccccc1)Nc1ccnn1Cc1ccccc1Cl. The van der Waals surface area contributed by atoms with Gasteiger partial charge in [0.2, 0.25) is 5.91 Å². The molecule has 3 rings (SSSR count). The quantitative estimate of drug-likeness (QED) is 0.667. The summed E-state index contributed by atoms with van der Waals surface area (Å²) in [5.41, 5.74) is 2.17. The lowest BCUT2D eigenvalue weighted by molar-refractivity contribution is -0.113. The monoisotopic (exact) mass is 371 g/mol. The van der Waals surface area contributed by atoms with Gasteiger partial charge >= 0.3 is 0 Å². The molecule has 128 valence electrons. The number of amides is 1. The summed E-state index contributed by atoms with van der Waals surface area (Å²) >= 11 is 7.78. The number of hydrogen-bond donors (Lipinski definition) is 1. The van der Waals surface area contributed by atoms with E-state index >= 15 is 0 Å². The van der Waals surface area contributed by atoms with Gasteiger partial charge in [0.1, 0.15) is 5.82 Å². The maximum Gasteiger partial charge on any atom is 0.235 e. The van der Waals surface area contributed by atoms with Gasteiger partial charge in [0, 0.05) is 16.8 Å². The number of nitrogens with one attached hydrogen (secondary N) is 1. The van der Waals surface area contributed by atoms with Gasteiger partial charge < -0.3 is 5.32 Å². The van der Waals surface area contributed by atoms with Crippen molar-refractivity contribution in [2.24, 2.45) is 0 Å². The second kappa shape index (κ2) is 8.74. The zero-order valence-electron chi connectivity index (χ0n) is 13.6. The van der Waals surface area contributed by atoms with E-state index in [-0.39, 0.29) is 5.91 Å². The van der Waals surface area contributed by atoms with Crippen molar-refractivity contribution in [3.05, 3.63) is 83.0 Å².